The van der Waals surface area contributed by atoms with Gasteiger partial charge in [-0.3, -0.25) is 0 Å². The number of rotatable bonds is 2. The first-order valence-electron chi connectivity index (χ1n) is 7.14. The quantitative estimate of drug-likeness (QED) is 0.917. The molecule has 0 radical (unpaired) electrons. The van der Waals surface area contributed by atoms with Crippen molar-refractivity contribution in [1.82, 2.24) is 9.97 Å². The number of aliphatic hydroxyl groups excluding tert-OH is 1. The first-order valence-corrected chi connectivity index (χ1v) is 7.14. The molecule has 0 fully saturated rings. The van der Waals surface area contributed by atoms with Crippen molar-refractivity contribution >= 4 is 0 Å². The molecule has 1 aliphatic rings. The van der Waals surface area contributed by atoms with E-state index in [-0.39, 0.29) is 0 Å². The highest BCUT2D eigenvalue weighted by molar-refractivity contribution is 5.44. The Labute approximate surface area is 124 Å². The first-order chi connectivity index (χ1) is 10.2. The number of hydrogen-bond donors (Lipinski definition) is 1. The molecule has 4 nitrogen and oxygen atoms in total. The maximum absolute atomic E-state index is 10.9. The van der Waals surface area contributed by atoms with Crippen LogP contribution in [0.5, 0.6) is 0 Å². The zero-order valence-corrected chi connectivity index (χ0v) is 12.0. The summed E-state index contributed by atoms with van der Waals surface area (Å²) in [6.07, 6.45) is 3.18. The SMILES string of the molecule is Cc1nccc(C(O)C2(C#N)CCCc3ccccc32)n1. The van der Waals surface area contributed by atoms with Gasteiger partial charge in [-0.05, 0) is 43.4 Å². The molecule has 1 aliphatic carbocycles. The normalized spacial score (nSPS) is 22.1. The fourth-order valence-corrected chi connectivity index (χ4v) is 3.21. The van der Waals surface area contributed by atoms with Crippen LogP contribution in [0.25, 0.3) is 0 Å². The van der Waals surface area contributed by atoms with Crippen molar-refractivity contribution in [3.05, 3.63) is 59.2 Å². The number of nitrogens with zero attached hydrogens (tertiary/aromatic N) is 3. The smallest absolute Gasteiger partial charge is 0.125 e. The van der Waals surface area contributed by atoms with E-state index >= 15 is 0 Å². The van der Waals surface area contributed by atoms with Crippen molar-refractivity contribution in [3.63, 3.8) is 0 Å². The second-order valence-corrected chi connectivity index (χ2v) is 5.53. The van der Waals surface area contributed by atoms with Gasteiger partial charge < -0.3 is 5.11 Å². The van der Waals surface area contributed by atoms with Gasteiger partial charge in [-0.2, -0.15) is 5.26 Å². The third-order valence-corrected chi connectivity index (χ3v) is 4.26. The standard InChI is InChI=1S/C17H17N3O/c1-12-19-10-8-15(20-12)16(21)17(11-18)9-4-6-13-5-2-3-7-14(13)17/h2-3,5,7-8,10,16,21H,4,6,9H2,1H3. The van der Waals surface area contributed by atoms with Crippen LogP contribution in [0.1, 0.15) is 41.6 Å². The van der Waals surface area contributed by atoms with Gasteiger partial charge in [0.05, 0.1) is 11.8 Å². The van der Waals surface area contributed by atoms with Crippen LogP contribution in [-0.4, -0.2) is 15.1 Å². The van der Waals surface area contributed by atoms with E-state index in [4.69, 9.17) is 0 Å². The topological polar surface area (TPSA) is 69.8 Å². The average Bonchev–Trinajstić information content (AvgIpc) is 2.53. The lowest BCUT2D eigenvalue weighted by Gasteiger charge is -2.36. The molecule has 4 heteroatoms. The van der Waals surface area contributed by atoms with Crippen LogP contribution < -0.4 is 0 Å². The van der Waals surface area contributed by atoms with Crippen LogP contribution in [0, 0.1) is 18.3 Å². The van der Waals surface area contributed by atoms with Gasteiger partial charge in [0.1, 0.15) is 17.3 Å². The predicted molar refractivity (Wildman–Crippen MR) is 78.4 cm³/mol. The third kappa shape index (κ3) is 2.20. The summed E-state index contributed by atoms with van der Waals surface area (Å²) in [7, 11) is 0. The summed E-state index contributed by atoms with van der Waals surface area (Å²) < 4.78 is 0. The minimum atomic E-state index is -0.939. The lowest BCUT2D eigenvalue weighted by atomic mass is 9.67. The monoisotopic (exact) mass is 279 g/mol. The molecule has 0 aliphatic heterocycles. The maximum Gasteiger partial charge on any atom is 0.125 e. The zero-order valence-electron chi connectivity index (χ0n) is 12.0. The molecule has 0 saturated heterocycles. The van der Waals surface area contributed by atoms with E-state index < -0.39 is 11.5 Å². The van der Waals surface area contributed by atoms with Crippen LogP contribution in [-0.2, 0) is 11.8 Å². The fourth-order valence-electron chi connectivity index (χ4n) is 3.21. The van der Waals surface area contributed by atoms with Gasteiger partial charge in [-0.25, -0.2) is 9.97 Å². The maximum atomic E-state index is 10.9. The summed E-state index contributed by atoms with van der Waals surface area (Å²) in [5.41, 5.74) is 1.67. The zero-order chi connectivity index (χ0) is 14.9. The molecule has 0 spiro atoms. The van der Waals surface area contributed by atoms with Crippen molar-refractivity contribution in [1.29, 1.82) is 5.26 Å². The number of benzene rings is 1. The molecule has 0 bridgehead atoms. The minimum absolute atomic E-state index is 0.515. The van der Waals surface area contributed by atoms with Crippen LogP contribution in [0.4, 0.5) is 0 Å². The molecule has 3 rings (SSSR count). The highest BCUT2D eigenvalue weighted by atomic mass is 16.3. The van der Waals surface area contributed by atoms with Crippen molar-refractivity contribution in [2.45, 2.75) is 37.7 Å². The summed E-state index contributed by atoms with van der Waals surface area (Å²) in [6.45, 7) is 1.78. The minimum Gasteiger partial charge on any atom is -0.385 e. The highest BCUT2D eigenvalue weighted by Gasteiger charge is 2.44. The highest BCUT2D eigenvalue weighted by Crippen LogP contribution is 2.45. The summed E-state index contributed by atoms with van der Waals surface area (Å²) in [5, 5.41) is 20.7. The summed E-state index contributed by atoms with van der Waals surface area (Å²) in [5.74, 6) is 0.601. The van der Waals surface area contributed by atoms with E-state index in [9.17, 15) is 10.4 Å². The molecule has 2 atom stereocenters. The van der Waals surface area contributed by atoms with E-state index in [1.54, 1.807) is 19.2 Å². The Morgan fingerprint density at radius 3 is 2.90 bits per heavy atom. The molecular weight excluding hydrogens is 262 g/mol. The van der Waals surface area contributed by atoms with Crippen LogP contribution in [0.2, 0.25) is 0 Å². The Bertz CT molecular complexity index is 707. The van der Waals surface area contributed by atoms with Gasteiger partial charge in [0, 0.05) is 6.20 Å². The Balaban J connectivity index is 2.12. The molecule has 1 heterocycles. The second kappa shape index (κ2) is 5.27. The van der Waals surface area contributed by atoms with E-state index in [0.29, 0.717) is 17.9 Å². The van der Waals surface area contributed by atoms with Crippen molar-refractivity contribution < 1.29 is 5.11 Å². The molecule has 1 aromatic carbocycles. The fraction of sp³-hybridized carbons (Fsp3) is 0.353. The summed E-state index contributed by atoms with van der Waals surface area (Å²) in [6, 6.07) is 12.0. The molecular formula is C17H17N3O. The third-order valence-electron chi connectivity index (χ3n) is 4.26. The Morgan fingerprint density at radius 2 is 2.14 bits per heavy atom. The van der Waals surface area contributed by atoms with Crippen molar-refractivity contribution in [2.24, 2.45) is 0 Å². The number of fused-ring (bicyclic) bond motifs is 1. The van der Waals surface area contributed by atoms with Gasteiger partial charge in [0.15, 0.2) is 0 Å². The predicted octanol–water partition coefficient (Wildman–Crippen LogP) is 2.62. The summed E-state index contributed by atoms with van der Waals surface area (Å²) >= 11 is 0. The van der Waals surface area contributed by atoms with Crippen LogP contribution in [0.15, 0.2) is 36.5 Å². The van der Waals surface area contributed by atoms with Crippen LogP contribution in [0.3, 0.4) is 0 Å². The molecule has 0 saturated carbocycles. The van der Waals surface area contributed by atoms with Gasteiger partial charge >= 0.3 is 0 Å². The molecule has 2 unspecified atom stereocenters. The molecule has 0 amide bonds. The largest absolute Gasteiger partial charge is 0.385 e. The number of aromatic nitrogens is 2. The van der Waals surface area contributed by atoms with Gasteiger partial charge in [0.2, 0.25) is 0 Å². The van der Waals surface area contributed by atoms with E-state index in [1.807, 2.05) is 24.3 Å². The van der Waals surface area contributed by atoms with Gasteiger partial charge in [0.25, 0.3) is 0 Å². The van der Waals surface area contributed by atoms with Crippen LogP contribution >= 0.6 is 0 Å². The molecule has 106 valence electrons. The number of hydrogen-bond acceptors (Lipinski definition) is 4. The van der Waals surface area contributed by atoms with Gasteiger partial charge in [-0.15, -0.1) is 0 Å². The first kappa shape index (κ1) is 13.7. The number of nitriles is 1. The van der Waals surface area contributed by atoms with Crippen molar-refractivity contribution in [3.8, 4) is 6.07 Å². The van der Waals surface area contributed by atoms with E-state index in [0.717, 1.165) is 24.0 Å². The van der Waals surface area contributed by atoms with E-state index in [1.165, 1.54) is 0 Å². The molecule has 1 aromatic heterocycles. The Hall–Kier alpha value is -2.25. The average molecular weight is 279 g/mol. The number of aryl methyl sites for hydroxylation is 2. The molecule has 21 heavy (non-hydrogen) atoms. The van der Waals surface area contributed by atoms with E-state index in [2.05, 4.69) is 16.0 Å². The lowest BCUT2D eigenvalue weighted by Crippen LogP contribution is -2.36. The summed E-state index contributed by atoms with van der Waals surface area (Å²) in [4.78, 5) is 8.36. The number of aliphatic hydroxyl groups is 1. The molecule has 1 N–H and O–H groups in total. The second-order valence-electron chi connectivity index (χ2n) is 5.53. The molecule has 2 aromatic rings. The lowest BCUT2D eigenvalue weighted by molar-refractivity contribution is 0.0953. The van der Waals surface area contributed by atoms with Gasteiger partial charge in [-0.1, -0.05) is 24.3 Å². The van der Waals surface area contributed by atoms with Crippen molar-refractivity contribution in [2.75, 3.05) is 0 Å². The Morgan fingerprint density at radius 1 is 1.33 bits per heavy atom. The Kier molecular flexibility index (Phi) is 3.44.